The Morgan fingerprint density at radius 1 is 1.67 bits per heavy atom. The van der Waals surface area contributed by atoms with Crippen LogP contribution in [0.5, 0.6) is 0 Å². The fourth-order valence-electron chi connectivity index (χ4n) is 0.338. The first kappa shape index (κ1) is 8.95. The second-order valence-corrected chi connectivity index (χ2v) is 4.69. The smallest absolute Gasteiger partial charge is 0.194 e. The van der Waals surface area contributed by atoms with Gasteiger partial charge in [0, 0.05) is 0 Å². The van der Waals surface area contributed by atoms with Gasteiger partial charge in [-0.2, -0.15) is 9.42 Å². The maximum absolute atomic E-state index is 9.92. The van der Waals surface area contributed by atoms with E-state index in [4.69, 9.17) is 4.89 Å². The topological polar surface area (TPSA) is 58.9 Å². The lowest BCUT2D eigenvalue weighted by molar-refractivity contribution is 0.357. The third-order valence-corrected chi connectivity index (χ3v) is 3.18. The molecule has 0 saturated carbocycles. The summed E-state index contributed by atoms with van der Waals surface area (Å²) in [5.74, 6) is 0. The predicted molar refractivity (Wildman–Crippen MR) is 37.1 cm³/mol. The molecule has 1 unspecified atom stereocenters. The van der Waals surface area contributed by atoms with Crippen molar-refractivity contribution < 1.29 is 9.42 Å². The predicted octanol–water partition coefficient (Wildman–Crippen LogP) is 1.56. The van der Waals surface area contributed by atoms with E-state index in [2.05, 4.69) is 9.47 Å². The van der Waals surface area contributed by atoms with E-state index in [0.717, 1.165) is 0 Å². The molecule has 0 aromatic rings. The van der Waals surface area contributed by atoms with Crippen LogP contribution in [0.3, 0.4) is 0 Å². The first-order chi connectivity index (χ1) is 4.06. The van der Waals surface area contributed by atoms with Gasteiger partial charge >= 0.3 is 7.87 Å². The molecule has 0 rings (SSSR count). The molecule has 0 heterocycles. The summed E-state index contributed by atoms with van der Waals surface area (Å²) in [4.78, 5) is 21.6. The van der Waals surface area contributed by atoms with Gasteiger partial charge in [0.15, 0.2) is 4.95 Å². The van der Waals surface area contributed by atoms with E-state index in [9.17, 15) is 4.91 Å². The normalized spacial score (nSPS) is 17.4. The van der Waals surface area contributed by atoms with Crippen LogP contribution in [0.4, 0.5) is 0 Å². The summed E-state index contributed by atoms with van der Waals surface area (Å²) in [6.45, 7) is 3.39. The molecule has 0 saturated heterocycles. The van der Waals surface area contributed by atoms with Crippen LogP contribution < -0.4 is 0 Å². The van der Waals surface area contributed by atoms with Crippen molar-refractivity contribution in [3.05, 3.63) is 4.91 Å². The van der Waals surface area contributed by atoms with Crippen LogP contribution in [0.25, 0.3) is 0 Å². The van der Waals surface area contributed by atoms with Crippen LogP contribution in [-0.2, 0) is 4.52 Å². The van der Waals surface area contributed by atoms with Crippen LogP contribution in [0.15, 0.2) is 4.95 Å². The van der Waals surface area contributed by atoms with E-state index in [1.165, 1.54) is 7.11 Å². The number of nitroso groups, excluding NO2 is 1. The third-order valence-electron chi connectivity index (χ3n) is 1.06. The highest BCUT2D eigenvalue weighted by molar-refractivity contribution is 7.64. The van der Waals surface area contributed by atoms with Crippen LogP contribution in [0, 0.1) is 4.91 Å². The number of hydrogen-bond donors (Lipinski definition) is 1. The summed E-state index contributed by atoms with van der Waals surface area (Å²) in [5.41, 5.74) is -0.208. The van der Waals surface area contributed by atoms with E-state index in [-0.39, 0.29) is 5.66 Å². The lowest BCUT2D eigenvalue weighted by Gasteiger charge is -2.08. The minimum Gasteiger partial charge on any atom is -0.194 e. The molecule has 0 aromatic carbocycles. The summed E-state index contributed by atoms with van der Waals surface area (Å²) < 4.78 is 4.54. The zero-order valence-corrected chi connectivity index (χ0v) is 6.63. The maximum Gasteiger partial charge on any atom is 0.440 e. The first-order valence-electron chi connectivity index (χ1n) is 2.59. The monoisotopic (exact) mass is 152 g/mol. The lowest BCUT2D eigenvalue weighted by Crippen LogP contribution is -2.03. The Bertz CT molecular complexity index is 108. The van der Waals surface area contributed by atoms with Crippen molar-refractivity contribution in [2.45, 2.75) is 19.5 Å². The molecule has 1 atom stereocenters. The van der Waals surface area contributed by atoms with Crippen molar-refractivity contribution in [1.29, 1.82) is 0 Å². The van der Waals surface area contributed by atoms with Crippen molar-refractivity contribution in [3.63, 3.8) is 0 Å². The molecule has 0 aliphatic carbocycles. The van der Waals surface area contributed by atoms with Crippen LogP contribution in [0.1, 0.15) is 13.8 Å². The Balaban J connectivity index is 4.08. The molecule has 9 heavy (non-hydrogen) atoms. The largest absolute Gasteiger partial charge is 0.440 e. The van der Waals surface area contributed by atoms with E-state index in [1.54, 1.807) is 13.8 Å². The number of rotatable bonds is 3. The van der Waals surface area contributed by atoms with Crippen LogP contribution >= 0.6 is 7.87 Å². The highest BCUT2D eigenvalue weighted by Crippen LogP contribution is 2.60. The van der Waals surface area contributed by atoms with Crippen LogP contribution in [-0.4, -0.2) is 17.7 Å². The lowest BCUT2D eigenvalue weighted by atomic mass is 10.6. The Hall–Kier alpha value is -0.0500. The average molecular weight is 152 g/mol. The van der Waals surface area contributed by atoms with Crippen LogP contribution in [0.2, 0.25) is 0 Å². The van der Waals surface area contributed by atoms with Gasteiger partial charge in [-0.1, -0.05) is 0 Å². The van der Waals surface area contributed by atoms with E-state index in [1.807, 2.05) is 0 Å². The van der Waals surface area contributed by atoms with Crippen molar-refractivity contribution in [2.24, 2.45) is 4.95 Å². The molecule has 0 amide bonds. The van der Waals surface area contributed by atoms with Gasteiger partial charge in [-0.25, -0.2) is 0 Å². The molecule has 0 radical (unpaired) electrons. The quantitative estimate of drug-likeness (QED) is 0.493. The molecule has 54 valence electrons. The average Bonchev–Trinajstić information content (AvgIpc) is 1.86. The zero-order valence-electron chi connectivity index (χ0n) is 5.74. The molecular weight excluding hydrogens is 141 g/mol. The van der Waals surface area contributed by atoms with Gasteiger partial charge < -0.3 is 0 Å². The fourth-order valence-corrected chi connectivity index (χ4v) is 1.02. The molecule has 0 bridgehead atoms. The van der Waals surface area contributed by atoms with E-state index in [0.29, 0.717) is 0 Å². The molecule has 4 nitrogen and oxygen atoms in total. The first-order valence-corrected chi connectivity index (χ1v) is 4.27. The SMILES string of the molecule is CO[P+](O)(N=O)C(C)C. The molecule has 5 heteroatoms. The summed E-state index contributed by atoms with van der Waals surface area (Å²) in [6.07, 6.45) is 0. The minimum atomic E-state index is -2.93. The fraction of sp³-hybridized carbons (Fsp3) is 1.00. The summed E-state index contributed by atoms with van der Waals surface area (Å²) in [6, 6.07) is 0. The number of nitrogens with zero attached hydrogens (tertiary/aromatic N) is 1. The molecule has 0 aliphatic heterocycles. The molecule has 0 spiro atoms. The minimum absolute atomic E-state index is 0.208. The molecular formula is C4H11NO3P+. The summed E-state index contributed by atoms with van der Waals surface area (Å²) in [7, 11) is -1.65. The van der Waals surface area contributed by atoms with Gasteiger partial charge in [0.2, 0.25) is 0 Å². The second-order valence-electron chi connectivity index (χ2n) is 1.95. The standard InChI is InChI=1S/C4H11NO3P/c1-4(2)9(7,5-6)8-3/h4,7H,1-3H3/q+1. The maximum atomic E-state index is 9.92. The molecule has 1 N–H and O–H groups in total. The van der Waals surface area contributed by atoms with E-state index >= 15 is 0 Å². The Kier molecular flexibility index (Phi) is 3.18. The zero-order chi connectivity index (χ0) is 7.49. The van der Waals surface area contributed by atoms with Gasteiger partial charge in [-0.05, 0) is 13.8 Å². The van der Waals surface area contributed by atoms with Crippen molar-refractivity contribution in [3.8, 4) is 0 Å². The van der Waals surface area contributed by atoms with Gasteiger partial charge in [-0.3, -0.25) is 0 Å². The number of hydrogen-bond acceptors (Lipinski definition) is 4. The summed E-state index contributed by atoms with van der Waals surface area (Å²) in [5, 5.41) is 0. The van der Waals surface area contributed by atoms with Crippen molar-refractivity contribution in [2.75, 3.05) is 7.11 Å². The van der Waals surface area contributed by atoms with E-state index < -0.39 is 7.87 Å². The second kappa shape index (κ2) is 3.20. The van der Waals surface area contributed by atoms with Crippen molar-refractivity contribution >= 4 is 7.87 Å². The Morgan fingerprint density at radius 2 is 2.11 bits per heavy atom. The Morgan fingerprint density at radius 3 is 2.11 bits per heavy atom. The highest BCUT2D eigenvalue weighted by Gasteiger charge is 2.44. The molecule has 0 aromatic heterocycles. The summed E-state index contributed by atoms with van der Waals surface area (Å²) >= 11 is 0. The van der Waals surface area contributed by atoms with Crippen molar-refractivity contribution in [1.82, 2.24) is 0 Å². The molecule has 0 aliphatic rings. The third kappa shape index (κ3) is 1.97. The molecule has 0 fully saturated rings. The Labute approximate surface area is 54.8 Å². The van der Waals surface area contributed by atoms with Gasteiger partial charge in [0.05, 0.1) is 7.11 Å². The van der Waals surface area contributed by atoms with Gasteiger partial charge in [0.25, 0.3) is 0 Å². The highest BCUT2D eigenvalue weighted by atomic mass is 31.2. The van der Waals surface area contributed by atoms with Gasteiger partial charge in [-0.15, -0.1) is 4.91 Å². The van der Waals surface area contributed by atoms with Gasteiger partial charge in [0.1, 0.15) is 5.66 Å².